The highest BCUT2D eigenvalue weighted by Crippen LogP contribution is 2.41. The number of anilines is 1. The molecule has 5 rings (SSSR count). The zero-order valence-electron chi connectivity index (χ0n) is 17.7. The number of benzene rings is 2. The fourth-order valence-corrected chi connectivity index (χ4v) is 5.31. The van der Waals surface area contributed by atoms with Crippen molar-refractivity contribution >= 4 is 17.0 Å². The molecule has 31 heavy (non-hydrogen) atoms. The van der Waals surface area contributed by atoms with Gasteiger partial charge in [0, 0.05) is 5.92 Å². The molecule has 2 heterocycles. The third-order valence-corrected chi connectivity index (χ3v) is 6.84. The number of hydrogen-bond acceptors (Lipinski definition) is 4. The molecule has 4 aromatic rings. The average Bonchev–Trinajstić information content (AvgIpc) is 3.47. The second-order valence-corrected chi connectivity index (χ2v) is 8.81. The van der Waals surface area contributed by atoms with E-state index >= 15 is 0 Å². The second-order valence-electron chi connectivity index (χ2n) is 8.81. The van der Waals surface area contributed by atoms with Gasteiger partial charge in [-0.1, -0.05) is 73.5 Å². The summed E-state index contributed by atoms with van der Waals surface area (Å²) in [7, 11) is 0. The Labute approximate surface area is 183 Å². The number of aromatic nitrogens is 4. The Hall–Kier alpha value is -3.21. The molecule has 3 N–H and O–H groups in total. The molecule has 2 aromatic heterocycles. The molecule has 1 saturated carbocycles. The van der Waals surface area contributed by atoms with Crippen molar-refractivity contribution in [2.24, 2.45) is 5.92 Å². The summed E-state index contributed by atoms with van der Waals surface area (Å²) in [6, 6.07) is 23.7. The number of H-pyrrole nitrogens is 1. The first kappa shape index (κ1) is 19.7. The van der Waals surface area contributed by atoms with E-state index in [1.807, 2.05) is 6.07 Å². The molecule has 1 aliphatic carbocycles. The van der Waals surface area contributed by atoms with E-state index in [0.717, 1.165) is 29.3 Å². The van der Waals surface area contributed by atoms with Gasteiger partial charge in [0.15, 0.2) is 0 Å². The lowest BCUT2D eigenvalue weighted by atomic mass is 9.85. The summed E-state index contributed by atoms with van der Waals surface area (Å²) in [5.74, 6) is 2.28. The summed E-state index contributed by atoms with van der Waals surface area (Å²) in [5.41, 5.74) is 11.5. The van der Waals surface area contributed by atoms with Crippen molar-refractivity contribution in [2.75, 3.05) is 5.73 Å². The van der Waals surface area contributed by atoms with Crippen LogP contribution < -0.4 is 5.73 Å². The Morgan fingerprint density at radius 3 is 2.55 bits per heavy atom. The van der Waals surface area contributed by atoms with Gasteiger partial charge in [0.25, 0.3) is 0 Å². The highest BCUT2D eigenvalue weighted by molar-refractivity contribution is 5.77. The summed E-state index contributed by atoms with van der Waals surface area (Å²) in [6.07, 6.45) is 7.50. The molecular formula is C26H29N5. The molecule has 2 aromatic carbocycles. The van der Waals surface area contributed by atoms with Crippen molar-refractivity contribution in [1.82, 2.24) is 20.4 Å². The van der Waals surface area contributed by atoms with Crippen molar-refractivity contribution < 1.29 is 0 Å². The maximum atomic E-state index is 6.11. The molecular weight excluding hydrogens is 382 g/mol. The number of fused-ring (bicyclic) bond motifs is 1. The van der Waals surface area contributed by atoms with E-state index < -0.39 is 0 Å². The van der Waals surface area contributed by atoms with E-state index in [9.17, 15) is 0 Å². The summed E-state index contributed by atoms with van der Waals surface area (Å²) in [4.78, 5) is 4.33. The Bertz CT molecular complexity index is 1120. The van der Waals surface area contributed by atoms with Gasteiger partial charge in [-0.3, -0.25) is 0 Å². The van der Waals surface area contributed by atoms with Gasteiger partial charge in [-0.15, -0.1) is 5.10 Å². The number of aromatic amines is 1. The summed E-state index contributed by atoms with van der Waals surface area (Å²) in [6.45, 7) is 0. The van der Waals surface area contributed by atoms with E-state index in [1.54, 1.807) is 0 Å². The maximum absolute atomic E-state index is 6.11. The second kappa shape index (κ2) is 8.88. The monoisotopic (exact) mass is 411 g/mol. The Balaban J connectivity index is 1.31. The lowest BCUT2D eigenvalue weighted by molar-refractivity contribution is 0.459. The highest BCUT2D eigenvalue weighted by atomic mass is 15.3. The van der Waals surface area contributed by atoms with Gasteiger partial charge in [0.2, 0.25) is 5.65 Å². The minimum absolute atomic E-state index is 0.241. The number of nitrogens with zero attached hydrogens (tertiary/aromatic N) is 3. The summed E-state index contributed by atoms with van der Waals surface area (Å²) < 4.78 is 0. The summed E-state index contributed by atoms with van der Waals surface area (Å²) in [5, 5.41) is 11.3. The minimum Gasteiger partial charge on any atom is -0.384 e. The smallest absolute Gasteiger partial charge is 0.203 e. The molecule has 0 spiro atoms. The normalized spacial score (nSPS) is 19.6. The molecule has 5 nitrogen and oxygen atoms in total. The van der Waals surface area contributed by atoms with Crippen LogP contribution in [0.3, 0.4) is 0 Å². The van der Waals surface area contributed by atoms with Crippen molar-refractivity contribution in [2.45, 2.75) is 50.4 Å². The Morgan fingerprint density at radius 2 is 1.74 bits per heavy atom. The van der Waals surface area contributed by atoms with E-state index in [4.69, 9.17) is 5.73 Å². The van der Waals surface area contributed by atoms with E-state index in [-0.39, 0.29) is 5.92 Å². The van der Waals surface area contributed by atoms with Gasteiger partial charge >= 0.3 is 0 Å². The predicted octanol–water partition coefficient (Wildman–Crippen LogP) is 5.82. The van der Waals surface area contributed by atoms with Crippen LogP contribution in [0.2, 0.25) is 0 Å². The molecule has 0 amide bonds. The standard InChI is InChI=1S/C26H29N5/c27-24-17-23(25-26(28-24)30-31-29-25)22(20-11-5-2-6-12-20)13-7-8-18-14-15-21(16-18)19-9-3-1-4-10-19/h1-6,9-12,17-18,21-22H,7-8,13-16H2,(H3,27,28,29,30,31)/t18-,21-,22?/m0/s1. The number of pyridine rings is 1. The van der Waals surface area contributed by atoms with Crippen LogP contribution in [-0.2, 0) is 0 Å². The topological polar surface area (TPSA) is 80.5 Å². The van der Waals surface area contributed by atoms with E-state index in [0.29, 0.717) is 11.5 Å². The van der Waals surface area contributed by atoms with Crippen LogP contribution in [0.15, 0.2) is 66.7 Å². The zero-order chi connectivity index (χ0) is 21.0. The molecule has 158 valence electrons. The molecule has 3 atom stereocenters. The fourth-order valence-electron chi connectivity index (χ4n) is 5.31. The minimum atomic E-state index is 0.241. The molecule has 5 heteroatoms. The molecule has 0 aliphatic heterocycles. The van der Waals surface area contributed by atoms with Crippen LogP contribution in [0, 0.1) is 5.92 Å². The zero-order valence-corrected chi connectivity index (χ0v) is 17.7. The van der Waals surface area contributed by atoms with Crippen LogP contribution in [0.1, 0.15) is 67.1 Å². The fraction of sp³-hybridized carbons (Fsp3) is 0.346. The Kier molecular flexibility index (Phi) is 5.65. The maximum Gasteiger partial charge on any atom is 0.203 e. The van der Waals surface area contributed by atoms with Crippen molar-refractivity contribution in [3.8, 4) is 0 Å². The number of nitrogens with two attached hydrogens (primary N) is 1. The Morgan fingerprint density at radius 1 is 0.968 bits per heavy atom. The molecule has 0 radical (unpaired) electrons. The van der Waals surface area contributed by atoms with Crippen LogP contribution in [0.4, 0.5) is 5.82 Å². The summed E-state index contributed by atoms with van der Waals surface area (Å²) >= 11 is 0. The van der Waals surface area contributed by atoms with Crippen molar-refractivity contribution in [3.63, 3.8) is 0 Å². The lowest BCUT2D eigenvalue weighted by Gasteiger charge is -2.20. The number of hydrogen-bond donors (Lipinski definition) is 2. The molecule has 1 unspecified atom stereocenters. The van der Waals surface area contributed by atoms with E-state index in [1.165, 1.54) is 43.2 Å². The highest BCUT2D eigenvalue weighted by Gasteiger charge is 2.26. The number of rotatable bonds is 7. The molecule has 1 fully saturated rings. The predicted molar refractivity (Wildman–Crippen MR) is 125 cm³/mol. The third-order valence-electron chi connectivity index (χ3n) is 6.84. The lowest BCUT2D eigenvalue weighted by Crippen LogP contribution is -2.06. The van der Waals surface area contributed by atoms with Gasteiger partial charge in [0.1, 0.15) is 11.3 Å². The van der Waals surface area contributed by atoms with Gasteiger partial charge in [-0.25, -0.2) is 4.98 Å². The largest absolute Gasteiger partial charge is 0.384 e. The quantitative estimate of drug-likeness (QED) is 0.401. The van der Waals surface area contributed by atoms with Crippen molar-refractivity contribution in [1.29, 1.82) is 0 Å². The first-order chi connectivity index (χ1) is 15.3. The van der Waals surface area contributed by atoms with Gasteiger partial charge < -0.3 is 5.73 Å². The number of nitrogen functional groups attached to an aromatic ring is 1. The van der Waals surface area contributed by atoms with Crippen LogP contribution in [-0.4, -0.2) is 20.4 Å². The van der Waals surface area contributed by atoms with Crippen LogP contribution >= 0.6 is 0 Å². The SMILES string of the molecule is Nc1cc(C(CCC[C@H]2CC[C@H](c3ccccc3)C2)c2ccccc2)c2n[nH]nc2n1. The molecule has 1 aliphatic rings. The molecule has 0 bridgehead atoms. The van der Waals surface area contributed by atoms with E-state index in [2.05, 4.69) is 81.1 Å². The average molecular weight is 412 g/mol. The number of nitrogens with one attached hydrogen (secondary N) is 1. The van der Waals surface area contributed by atoms with Gasteiger partial charge in [0.05, 0.1) is 0 Å². The molecule has 0 saturated heterocycles. The van der Waals surface area contributed by atoms with Crippen LogP contribution in [0.5, 0.6) is 0 Å². The third kappa shape index (κ3) is 4.31. The van der Waals surface area contributed by atoms with Gasteiger partial charge in [-0.05, 0) is 60.3 Å². The first-order valence-corrected chi connectivity index (χ1v) is 11.3. The van der Waals surface area contributed by atoms with Gasteiger partial charge in [-0.2, -0.15) is 10.3 Å². The first-order valence-electron chi connectivity index (χ1n) is 11.3. The van der Waals surface area contributed by atoms with Crippen molar-refractivity contribution in [3.05, 3.63) is 83.4 Å². The van der Waals surface area contributed by atoms with Crippen LogP contribution in [0.25, 0.3) is 11.2 Å².